The van der Waals surface area contributed by atoms with Gasteiger partial charge < -0.3 is 15.0 Å². The van der Waals surface area contributed by atoms with Crippen molar-refractivity contribution in [2.24, 2.45) is 0 Å². The molecule has 0 fully saturated rings. The number of thiophene rings is 1. The fourth-order valence-electron chi connectivity index (χ4n) is 2.26. The van der Waals surface area contributed by atoms with E-state index in [1.165, 1.54) is 4.88 Å². The van der Waals surface area contributed by atoms with Gasteiger partial charge in [-0.2, -0.15) is 0 Å². The Morgan fingerprint density at radius 2 is 2.14 bits per heavy atom. The maximum Gasteiger partial charge on any atom is 0.224 e. The largest absolute Gasteiger partial charge is 0.497 e. The Labute approximate surface area is 135 Å². The molecule has 5 heteroatoms. The minimum Gasteiger partial charge on any atom is -0.497 e. The second-order valence-electron chi connectivity index (χ2n) is 5.33. The highest BCUT2D eigenvalue weighted by Gasteiger charge is 2.16. The van der Waals surface area contributed by atoms with Crippen LogP contribution >= 0.6 is 11.3 Å². The van der Waals surface area contributed by atoms with E-state index < -0.39 is 0 Å². The van der Waals surface area contributed by atoms with Gasteiger partial charge in [-0.25, -0.2) is 0 Å². The highest BCUT2D eigenvalue weighted by molar-refractivity contribution is 7.10. The molecule has 0 aliphatic carbocycles. The van der Waals surface area contributed by atoms with Gasteiger partial charge in [-0.15, -0.1) is 11.3 Å². The predicted molar refractivity (Wildman–Crippen MR) is 90.5 cm³/mol. The molecular formula is C17H22N2O2S. The Kier molecular flexibility index (Phi) is 5.98. The number of nitrogens with zero attached hydrogens (tertiary/aromatic N) is 1. The summed E-state index contributed by atoms with van der Waals surface area (Å²) >= 11 is 1.71. The van der Waals surface area contributed by atoms with E-state index in [0.717, 1.165) is 11.3 Å². The van der Waals surface area contributed by atoms with Crippen molar-refractivity contribution in [3.63, 3.8) is 0 Å². The van der Waals surface area contributed by atoms with Crippen LogP contribution in [-0.4, -0.2) is 38.6 Å². The molecule has 0 radical (unpaired) electrons. The van der Waals surface area contributed by atoms with Gasteiger partial charge in [0.05, 0.1) is 19.6 Å². The highest BCUT2D eigenvalue weighted by Crippen LogP contribution is 2.22. The Balaban J connectivity index is 1.91. The maximum atomic E-state index is 12.1. The number of hydrogen-bond donors (Lipinski definition) is 1. The normalized spacial score (nSPS) is 12.2. The smallest absolute Gasteiger partial charge is 0.224 e. The minimum absolute atomic E-state index is 0.0247. The Bertz CT molecular complexity index is 596. The first kappa shape index (κ1) is 16.5. The Morgan fingerprint density at radius 3 is 2.77 bits per heavy atom. The van der Waals surface area contributed by atoms with Crippen LogP contribution in [0.3, 0.4) is 0 Å². The van der Waals surface area contributed by atoms with Crippen LogP contribution in [0.2, 0.25) is 0 Å². The van der Waals surface area contributed by atoms with Gasteiger partial charge in [0.1, 0.15) is 5.75 Å². The van der Waals surface area contributed by atoms with Crippen LogP contribution in [0, 0.1) is 0 Å². The zero-order valence-corrected chi connectivity index (χ0v) is 14.0. The zero-order valence-electron chi connectivity index (χ0n) is 13.2. The predicted octanol–water partition coefficient (Wildman–Crippen LogP) is 2.72. The molecule has 2 rings (SSSR count). The number of amides is 1. The first-order valence-corrected chi connectivity index (χ1v) is 8.07. The lowest BCUT2D eigenvalue weighted by Gasteiger charge is -2.23. The quantitative estimate of drug-likeness (QED) is 0.853. The molecule has 1 N–H and O–H groups in total. The molecule has 1 heterocycles. The average molecular weight is 318 g/mol. The number of hydrogen-bond acceptors (Lipinski definition) is 4. The molecule has 1 aromatic carbocycles. The van der Waals surface area contributed by atoms with Crippen molar-refractivity contribution < 1.29 is 9.53 Å². The van der Waals surface area contributed by atoms with Crippen molar-refractivity contribution in [2.75, 3.05) is 27.7 Å². The maximum absolute atomic E-state index is 12.1. The van der Waals surface area contributed by atoms with E-state index in [1.54, 1.807) is 18.4 Å². The van der Waals surface area contributed by atoms with Crippen LogP contribution in [0.4, 0.5) is 0 Å². The number of carbonyl (C=O) groups is 1. The van der Waals surface area contributed by atoms with Crippen molar-refractivity contribution in [3.8, 4) is 5.75 Å². The summed E-state index contributed by atoms with van der Waals surface area (Å²) < 4.78 is 5.18. The van der Waals surface area contributed by atoms with Gasteiger partial charge in [0.2, 0.25) is 5.91 Å². The van der Waals surface area contributed by atoms with Gasteiger partial charge in [0, 0.05) is 11.4 Å². The standard InChI is InChI=1S/C17H22N2O2S/c1-19(2)15(16-8-5-9-22-16)12-18-17(20)11-13-6-4-7-14(10-13)21-3/h4-10,15H,11-12H2,1-3H3,(H,18,20). The van der Waals surface area contributed by atoms with E-state index in [2.05, 4.69) is 21.7 Å². The summed E-state index contributed by atoms with van der Waals surface area (Å²) in [6.07, 6.45) is 0.363. The number of nitrogens with one attached hydrogen (secondary N) is 1. The molecule has 2 aromatic rings. The van der Waals surface area contributed by atoms with E-state index in [1.807, 2.05) is 44.4 Å². The van der Waals surface area contributed by atoms with E-state index in [9.17, 15) is 4.79 Å². The lowest BCUT2D eigenvalue weighted by molar-refractivity contribution is -0.120. The highest BCUT2D eigenvalue weighted by atomic mass is 32.1. The number of likely N-dealkylation sites (N-methyl/N-ethyl adjacent to an activating group) is 1. The average Bonchev–Trinajstić information content (AvgIpc) is 3.01. The van der Waals surface area contributed by atoms with Gasteiger partial charge in [-0.05, 0) is 43.2 Å². The molecule has 0 saturated carbocycles. The molecule has 0 aliphatic heterocycles. The molecule has 1 amide bonds. The second-order valence-corrected chi connectivity index (χ2v) is 6.31. The molecular weight excluding hydrogens is 296 g/mol. The first-order valence-electron chi connectivity index (χ1n) is 7.19. The third-order valence-corrected chi connectivity index (χ3v) is 4.46. The molecule has 1 unspecified atom stereocenters. The van der Waals surface area contributed by atoms with E-state index in [4.69, 9.17) is 4.74 Å². The number of benzene rings is 1. The molecule has 0 spiro atoms. The van der Waals surface area contributed by atoms with E-state index in [0.29, 0.717) is 13.0 Å². The monoisotopic (exact) mass is 318 g/mol. The van der Waals surface area contributed by atoms with Crippen LogP contribution < -0.4 is 10.1 Å². The molecule has 118 valence electrons. The molecule has 22 heavy (non-hydrogen) atoms. The Hall–Kier alpha value is -1.85. The van der Waals surface area contributed by atoms with Crippen LogP contribution in [-0.2, 0) is 11.2 Å². The fraction of sp³-hybridized carbons (Fsp3) is 0.353. The molecule has 4 nitrogen and oxygen atoms in total. The summed E-state index contributed by atoms with van der Waals surface area (Å²) in [4.78, 5) is 15.5. The van der Waals surface area contributed by atoms with Crippen molar-refractivity contribution in [3.05, 3.63) is 52.2 Å². The van der Waals surface area contributed by atoms with Crippen LogP contribution in [0.15, 0.2) is 41.8 Å². The fourth-order valence-corrected chi connectivity index (χ4v) is 3.18. The first-order chi connectivity index (χ1) is 10.6. The third kappa shape index (κ3) is 4.58. The van der Waals surface area contributed by atoms with Gasteiger partial charge in [-0.1, -0.05) is 18.2 Å². The second kappa shape index (κ2) is 7.96. The van der Waals surface area contributed by atoms with Gasteiger partial charge in [-0.3, -0.25) is 4.79 Å². The van der Waals surface area contributed by atoms with Crippen molar-refractivity contribution in [2.45, 2.75) is 12.5 Å². The van der Waals surface area contributed by atoms with Crippen molar-refractivity contribution in [1.82, 2.24) is 10.2 Å². The van der Waals surface area contributed by atoms with Crippen LogP contribution in [0.5, 0.6) is 5.75 Å². The third-order valence-electron chi connectivity index (χ3n) is 3.49. The number of carbonyl (C=O) groups excluding carboxylic acids is 1. The summed E-state index contributed by atoms with van der Waals surface area (Å²) in [5.74, 6) is 0.798. The van der Waals surface area contributed by atoms with Crippen molar-refractivity contribution in [1.29, 1.82) is 0 Å². The SMILES string of the molecule is COc1cccc(CC(=O)NCC(c2cccs2)N(C)C)c1. The minimum atomic E-state index is 0.0247. The lowest BCUT2D eigenvalue weighted by atomic mass is 10.1. The van der Waals surface area contributed by atoms with Gasteiger partial charge in [0.15, 0.2) is 0 Å². The van der Waals surface area contributed by atoms with Crippen molar-refractivity contribution >= 4 is 17.2 Å². The van der Waals surface area contributed by atoms with Gasteiger partial charge in [0.25, 0.3) is 0 Å². The van der Waals surface area contributed by atoms with E-state index >= 15 is 0 Å². The molecule has 0 bridgehead atoms. The molecule has 0 aliphatic rings. The summed E-state index contributed by atoms with van der Waals surface area (Å²) in [7, 11) is 5.68. The summed E-state index contributed by atoms with van der Waals surface area (Å²) in [6, 6.07) is 11.9. The molecule has 1 atom stereocenters. The number of methoxy groups -OCH3 is 1. The van der Waals surface area contributed by atoms with Crippen LogP contribution in [0.1, 0.15) is 16.5 Å². The zero-order chi connectivity index (χ0) is 15.9. The summed E-state index contributed by atoms with van der Waals surface area (Å²) in [6.45, 7) is 0.607. The van der Waals surface area contributed by atoms with Gasteiger partial charge >= 0.3 is 0 Å². The molecule has 0 saturated heterocycles. The molecule has 1 aromatic heterocycles. The Morgan fingerprint density at radius 1 is 1.32 bits per heavy atom. The van der Waals surface area contributed by atoms with E-state index in [-0.39, 0.29) is 11.9 Å². The number of ether oxygens (including phenoxy) is 1. The van der Waals surface area contributed by atoms with Crippen LogP contribution in [0.25, 0.3) is 0 Å². The lowest BCUT2D eigenvalue weighted by Crippen LogP contribution is -2.34. The number of rotatable bonds is 7. The topological polar surface area (TPSA) is 41.6 Å². The summed E-state index contributed by atoms with van der Waals surface area (Å²) in [5, 5.41) is 5.08. The summed E-state index contributed by atoms with van der Waals surface area (Å²) in [5.41, 5.74) is 0.953.